The van der Waals surface area contributed by atoms with E-state index in [0.29, 0.717) is 11.8 Å². The summed E-state index contributed by atoms with van der Waals surface area (Å²) < 4.78 is 0. The monoisotopic (exact) mass is 223 g/mol. The van der Waals surface area contributed by atoms with Crippen LogP contribution in [0, 0.1) is 0 Å². The van der Waals surface area contributed by atoms with Crippen molar-refractivity contribution in [3.63, 3.8) is 0 Å². The highest BCUT2D eigenvalue weighted by molar-refractivity contribution is 5.83. The summed E-state index contributed by atoms with van der Waals surface area (Å²) in [5.41, 5.74) is 0. The third-order valence-corrected chi connectivity index (χ3v) is 2.05. The van der Waals surface area contributed by atoms with Crippen molar-refractivity contribution in [2.75, 3.05) is 31.4 Å². The molecule has 16 heavy (non-hydrogen) atoms. The molecule has 0 aromatic carbocycles. The van der Waals surface area contributed by atoms with E-state index in [-0.39, 0.29) is 11.9 Å². The molecule has 2 N–H and O–H groups in total. The van der Waals surface area contributed by atoms with E-state index in [0.717, 1.165) is 0 Å². The summed E-state index contributed by atoms with van der Waals surface area (Å²) in [5.74, 6) is 1.16. The zero-order chi connectivity index (χ0) is 12.1. The third-order valence-electron chi connectivity index (χ3n) is 2.05. The van der Waals surface area contributed by atoms with Gasteiger partial charge in [0.05, 0.1) is 0 Å². The van der Waals surface area contributed by atoms with E-state index in [1.54, 1.807) is 31.1 Å². The fourth-order valence-corrected chi connectivity index (χ4v) is 1.15. The molecule has 0 aliphatic carbocycles. The molecule has 0 bridgehead atoms. The van der Waals surface area contributed by atoms with Crippen LogP contribution in [0.15, 0.2) is 12.3 Å². The number of carbonyl (C=O) groups excluding carboxylic acids is 1. The molecule has 1 rings (SSSR count). The minimum Gasteiger partial charge on any atom is -0.358 e. The van der Waals surface area contributed by atoms with Crippen LogP contribution in [0.3, 0.4) is 0 Å². The lowest BCUT2D eigenvalue weighted by Crippen LogP contribution is -2.35. The Morgan fingerprint density at radius 1 is 1.50 bits per heavy atom. The molecule has 1 unspecified atom stereocenters. The quantitative estimate of drug-likeness (QED) is 0.757. The molecule has 0 radical (unpaired) electrons. The summed E-state index contributed by atoms with van der Waals surface area (Å²) in [4.78, 5) is 21.4. The Hall–Kier alpha value is -1.85. The molecule has 1 aromatic rings. The molecule has 6 nitrogen and oxygen atoms in total. The van der Waals surface area contributed by atoms with E-state index in [1.807, 2.05) is 14.1 Å². The Labute approximate surface area is 95.1 Å². The van der Waals surface area contributed by atoms with Gasteiger partial charge in [0.1, 0.15) is 11.9 Å². The number of nitrogens with one attached hydrogen (secondary N) is 2. The van der Waals surface area contributed by atoms with Gasteiger partial charge in [-0.3, -0.25) is 4.79 Å². The second-order valence-corrected chi connectivity index (χ2v) is 3.62. The molecule has 1 heterocycles. The molecule has 0 spiro atoms. The third kappa shape index (κ3) is 3.08. The van der Waals surface area contributed by atoms with Gasteiger partial charge in [0.25, 0.3) is 0 Å². The number of rotatable bonds is 4. The second-order valence-electron chi connectivity index (χ2n) is 3.62. The standard InChI is InChI=1S/C10H17N5O/c1-7(9(16)11-2)13-8-5-6-12-10(14-8)15(3)4/h5-7H,1-4H3,(H,11,16)(H,12,13,14). The number of hydrogen-bond donors (Lipinski definition) is 2. The van der Waals surface area contributed by atoms with Crippen molar-refractivity contribution in [2.45, 2.75) is 13.0 Å². The first-order valence-corrected chi connectivity index (χ1v) is 5.03. The molecular formula is C10H17N5O. The van der Waals surface area contributed by atoms with E-state index >= 15 is 0 Å². The average Bonchev–Trinajstić information content (AvgIpc) is 2.28. The first kappa shape index (κ1) is 12.2. The molecule has 1 aromatic heterocycles. The predicted molar refractivity (Wildman–Crippen MR) is 63.5 cm³/mol. The Bertz CT molecular complexity index is 366. The van der Waals surface area contributed by atoms with Crippen LogP contribution in [0.4, 0.5) is 11.8 Å². The molecule has 0 saturated heterocycles. The van der Waals surface area contributed by atoms with Crippen molar-refractivity contribution in [2.24, 2.45) is 0 Å². The summed E-state index contributed by atoms with van der Waals surface area (Å²) in [6.07, 6.45) is 1.65. The van der Waals surface area contributed by atoms with E-state index in [2.05, 4.69) is 20.6 Å². The van der Waals surface area contributed by atoms with Crippen molar-refractivity contribution in [1.29, 1.82) is 0 Å². The smallest absolute Gasteiger partial charge is 0.241 e. The number of nitrogens with zero attached hydrogens (tertiary/aromatic N) is 3. The number of carbonyl (C=O) groups is 1. The second kappa shape index (κ2) is 5.29. The van der Waals surface area contributed by atoms with Crippen LogP contribution in [-0.4, -0.2) is 43.1 Å². The molecule has 88 valence electrons. The normalized spacial score (nSPS) is 11.8. The number of likely N-dealkylation sites (N-methyl/N-ethyl adjacent to an activating group) is 1. The van der Waals surface area contributed by atoms with Crippen LogP contribution < -0.4 is 15.5 Å². The summed E-state index contributed by atoms with van der Waals surface area (Å²) in [5, 5.41) is 5.57. The van der Waals surface area contributed by atoms with Gasteiger partial charge in [-0.25, -0.2) is 4.98 Å². The van der Waals surface area contributed by atoms with Gasteiger partial charge in [-0.05, 0) is 13.0 Å². The summed E-state index contributed by atoms with van der Waals surface area (Å²) >= 11 is 0. The zero-order valence-electron chi connectivity index (χ0n) is 9.98. The van der Waals surface area contributed by atoms with E-state index in [1.165, 1.54) is 0 Å². The molecule has 0 aliphatic rings. The van der Waals surface area contributed by atoms with E-state index < -0.39 is 0 Å². The van der Waals surface area contributed by atoms with Crippen LogP contribution in [0.2, 0.25) is 0 Å². The van der Waals surface area contributed by atoms with Gasteiger partial charge in [-0.15, -0.1) is 0 Å². The highest BCUT2D eigenvalue weighted by Gasteiger charge is 2.11. The highest BCUT2D eigenvalue weighted by Crippen LogP contribution is 2.08. The lowest BCUT2D eigenvalue weighted by Gasteiger charge is -2.15. The maximum absolute atomic E-state index is 11.3. The molecule has 0 saturated carbocycles. The first-order chi connectivity index (χ1) is 7.54. The minimum absolute atomic E-state index is 0.0787. The molecule has 1 amide bonds. The van der Waals surface area contributed by atoms with Crippen molar-refractivity contribution in [3.8, 4) is 0 Å². The maximum Gasteiger partial charge on any atom is 0.241 e. The van der Waals surface area contributed by atoms with Crippen LogP contribution in [0.5, 0.6) is 0 Å². The Morgan fingerprint density at radius 3 is 2.75 bits per heavy atom. The number of hydrogen-bond acceptors (Lipinski definition) is 5. The largest absolute Gasteiger partial charge is 0.358 e. The zero-order valence-corrected chi connectivity index (χ0v) is 9.98. The minimum atomic E-state index is -0.324. The summed E-state index contributed by atoms with van der Waals surface area (Å²) in [6.45, 7) is 1.77. The van der Waals surface area contributed by atoms with Crippen molar-refractivity contribution in [3.05, 3.63) is 12.3 Å². The van der Waals surface area contributed by atoms with Gasteiger partial charge in [0.15, 0.2) is 0 Å². The van der Waals surface area contributed by atoms with Gasteiger partial charge in [0.2, 0.25) is 11.9 Å². The van der Waals surface area contributed by atoms with Gasteiger partial charge < -0.3 is 15.5 Å². The Kier molecular flexibility index (Phi) is 4.04. The fraction of sp³-hybridized carbons (Fsp3) is 0.500. The predicted octanol–water partition coefficient (Wildman–Crippen LogP) is 0.0890. The molecule has 1 atom stereocenters. The first-order valence-electron chi connectivity index (χ1n) is 5.03. The SMILES string of the molecule is CNC(=O)C(C)Nc1ccnc(N(C)C)n1. The molecule has 0 fully saturated rings. The van der Waals surface area contributed by atoms with Crippen molar-refractivity contribution < 1.29 is 4.79 Å². The van der Waals surface area contributed by atoms with Crippen LogP contribution in [-0.2, 0) is 4.79 Å². The number of amides is 1. The maximum atomic E-state index is 11.3. The van der Waals surface area contributed by atoms with E-state index in [9.17, 15) is 4.79 Å². The van der Waals surface area contributed by atoms with Gasteiger partial charge >= 0.3 is 0 Å². The Balaban J connectivity index is 2.74. The number of aromatic nitrogens is 2. The summed E-state index contributed by atoms with van der Waals surface area (Å²) in [6, 6.07) is 1.40. The lowest BCUT2D eigenvalue weighted by atomic mass is 10.3. The van der Waals surface area contributed by atoms with Crippen LogP contribution in [0.1, 0.15) is 6.92 Å². The van der Waals surface area contributed by atoms with Gasteiger partial charge in [-0.1, -0.05) is 0 Å². The summed E-state index contributed by atoms with van der Waals surface area (Å²) in [7, 11) is 5.33. The van der Waals surface area contributed by atoms with Crippen LogP contribution in [0.25, 0.3) is 0 Å². The highest BCUT2D eigenvalue weighted by atomic mass is 16.2. The topological polar surface area (TPSA) is 70.2 Å². The fourth-order valence-electron chi connectivity index (χ4n) is 1.15. The van der Waals surface area contributed by atoms with Crippen molar-refractivity contribution in [1.82, 2.24) is 15.3 Å². The number of anilines is 2. The lowest BCUT2D eigenvalue weighted by molar-refractivity contribution is -0.121. The molecular weight excluding hydrogens is 206 g/mol. The average molecular weight is 223 g/mol. The van der Waals surface area contributed by atoms with Crippen LogP contribution >= 0.6 is 0 Å². The molecule has 6 heteroatoms. The Morgan fingerprint density at radius 2 is 2.19 bits per heavy atom. The van der Waals surface area contributed by atoms with Crippen molar-refractivity contribution >= 4 is 17.7 Å². The van der Waals surface area contributed by atoms with Gasteiger partial charge in [-0.2, -0.15) is 4.98 Å². The van der Waals surface area contributed by atoms with Gasteiger partial charge in [0, 0.05) is 27.3 Å². The van der Waals surface area contributed by atoms with E-state index in [4.69, 9.17) is 0 Å². The molecule has 0 aliphatic heterocycles.